The van der Waals surface area contributed by atoms with Crippen LogP contribution in [0.3, 0.4) is 0 Å². The summed E-state index contributed by atoms with van der Waals surface area (Å²) in [4.78, 5) is 25.5. The predicted octanol–water partition coefficient (Wildman–Crippen LogP) is 9.43. The molecule has 0 fully saturated rings. The number of ether oxygens (including phenoxy) is 1. The van der Waals surface area contributed by atoms with Gasteiger partial charge in [-0.15, -0.1) is 0 Å². The van der Waals surface area contributed by atoms with Gasteiger partial charge >= 0.3 is 0 Å². The lowest BCUT2D eigenvalue weighted by Crippen LogP contribution is -2.49. The van der Waals surface area contributed by atoms with E-state index in [-0.39, 0.29) is 18.4 Å². The van der Waals surface area contributed by atoms with Gasteiger partial charge in [0.25, 0.3) is 0 Å². The first-order valence-electron chi connectivity index (χ1n) is 17.4. The Hall–Kier alpha value is -1.88. The molecular weight excluding hydrogens is 508 g/mol. The van der Waals surface area contributed by atoms with E-state index in [1.54, 1.807) is 0 Å². The smallest absolute Gasteiger partial charge is 0.244 e. The number of unbranched alkanes of at least 4 members (excludes halogenated alkanes) is 19. The molecular formula is C36H64N2O3. The quantitative estimate of drug-likeness (QED) is 0.0940. The third-order valence-corrected chi connectivity index (χ3v) is 7.88. The molecule has 0 saturated heterocycles. The molecule has 0 aliphatic rings. The van der Waals surface area contributed by atoms with Crippen molar-refractivity contribution >= 4 is 11.8 Å². The van der Waals surface area contributed by atoms with Gasteiger partial charge in [0, 0.05) is 13.0 Å². The molecule has 1 aromatic rings. The number of hydrogen-bond acceptors (Lipinski definition) is 3. The lowest BCUT2D eigenvalue weighted by Gasteiger charge is -2.19. The molecule has 1 aromatic carbocycles. The van der Waals surface area contributed by atoms with Crippen LogP contribution >= 0.6 is 0 Å². The minimum absolute atomic E-state index is 0.0530. The lowest BCUT2D eigenvalue weighted by molar-refractivity contribution is -0.130. The van der Waals surface area contributed by atoms with Crippen LogP contribution < -0.4 is 10.6 Å². The topological polar surface area (TPSA) is 67.4 Å². The summed E-state index contributed by atoms with van der Waals surface area (Å²) in [5.41, 5.74) is 1.06. The second kappa shape index (κ2) is 28.2. The number of rotatable bonds is 29. The number of nitrogens with one attached hydrogen (secondary N) is 2. The Bertz CT molecular complexity index is 725. The van der Waals surface area contributed by atoms with Crippen LogP contribution in [0, 0.1) is 0 Å². The van der Waals surface area contributed by atoms with E-state index in [0.29, 0.717) is 19.6 Å². The number of amides is 2. The molecule has 1 atom stereocenters. The molecule has 0 spiro atoms. The highest BCUT2D eigenvalue weighted by molar-refractivity contribution is 5.87. The van der Waals surface area contributed by atoms with Gasteiger partial charge in [0.15, 0.2) is 0 Å². The van der Waals surface area contributed by atoms with Gasteiger partial charge in [-0.05, 0) is 18.4 Å². The third-order valence-electron chi connectivity index (χ3n) is 7.88. The first-order chi connectivity index (χ1) is 20.2. The van der Waals surface area contributed by atoms with Gasteiger partial charge in [0.2, 0.25) is 11.8 Å². The summed E-state index contributed by atoms with van der Waals surface area (Å²) in [7, 11) is 0. The second-order valence-electron chi connectivity index (χ2n) is 11.9. The van der Waals surface area contributed by atoms with Crippen LogP contribution in [0.2, 0.25) is 0 Å². The van der Waals surface area contributed by atoms with Crippen LogP contribution in [0.4, 0.5) is 0 Å². The highest BCUT2D eigenvalue weighted by Gasteiger charge is 2.20. The summed E-state index contributed by atoms with van der Waals surface area (Å²) in [5, 5.41) is 5.96. The molecule has 0 bridgehead atoms. The number of carbonyl (C=O) groups excluding carboxylic acids is 2. The monoisotopic (exact) mass is 572 g/mol. The third kappa shape index (κ3) is 23.4. The van der Waals surface area contributed by atoms with Gasteiger partial charge in [0.05, 0.1) is 13.2 Å². The van der Waals surface area contributed by atoms with Gasteiger partial charge in [-0.3, -0.25) is 9.59 Å². The second-order valence-corrected chi connectivity index (χ2v) is 11.9. The van der Waals surface area contributed by atoms with Crippen LogP contribution in [0.5, 0.6) is 0 Å². The van der Waals surface area contributed by atoms with Gasteiger partial charge in [-0.2, -0.15) is 0 Å². The Morgan fingerprint density at radius 2 is 1.10 bits per heavy atom. The maximum Gasteiger partial charge on any atom is 0.244 e. The zero-order chi connectivity index (χ0) is 29.6. The number of carbonyl (C=O) groups is 2. The maximum absolute atomic E-state index is 12.9. The van der Waals surface area contributed by atoms with E-state index in [4.69, 9.17) is 4.74 Å². The molecule has 0 radical (unpaired) electrons. The van der Waals surface area contributed by atoms with Crippen molar-refractivity contribution in [3.05, 3.63) is 35.9 Å². The highest BCUT2D eigenvalue weighted by Crippen LogP contribution is 2.14. The van der Waals surface area contributed by atoms with Crippen molar-refractivity contribution in [3.8, 4) is 0 Å². The Morgan fingerprint density at radius 3 is 1.61 bits per heavy atom. The molecule has 5 nitrogen and oxygen atoms in total. The molecule has 2 amide bonds. The predicted molar refractivity (Wildman–Crippen MR) is 174 cm³/mol. The first kappa shape index (κ1) is 37.1. The fourth-order valence-electron chi connectivity index (χ4n) is 5.22. The SMILES string of the molecule is CCCCCCCCCCCCCCCCCC(=O)N[C@@H](COCc1ccccc1)C(=O)NCCCCCCCC. The van der Waals surface area contributed by atoms with E-state index < -0.39 is 6.04 Å². The molecule has 0 aromatic heterocycles. The molecule has 0 saturated carbocycles. The lowest BCUT2D eigenvalue weighted by atomic mass is 10.0. The van der Waals surface area contributed by atoms with Gasteiger partial charge in [-0.25, -0.2) is 0 Å². The van der Waals surface area contributed by atoms with Crippen molar-refractivity contribution in [2.45, 2.75) is 168 Å². The van der Waals surface area contributed by atoms with E-state index in [0.717, 1.165) is 31.2 Å². The van der Waals surface area contributed by atoms with Crippen LogP contribution in [0.1, 0.15) is 161 Å². The highest BCUT2D eigenvalue weighted by atomic mass is 16.5. The summed E-state index contributed by atoms with van der Waals surface area (Å²) in [5.74, 6) is -0.195. The van der Waals surface area contributed by atoms with Crippen molar-refractivity contribution < 1.29 is 14.3 Å². The van der Waals surface area contributed by atoms with Crippen LogP contribution in [-0.4, -0.2) is 31.0 Å². The van der Waals surface area contributed by atoms with Crippen molar-refractivity contribution in [2.24, 2.45) is 0 Å². The maximum atomic E-state index is 12.9. The molecule has 236 valence electrons. The molecule has 1 rings (SSSR count). The zero-order valence-corrected chi connectivity index (χ0v) is 26.9. The van der Waals surface area contributed by atoms with E-state index in [1.165, 1.54) is 109 Å². The van der Waals surface area contributed by atoms with Gasteiger partial charge in [-0.1, -0.05) is 166 Å². The van der Waals surface area contributed by atoms with Crippen molar-refractivity contribution in [1.29, 1.82) is 0 Å². The van der Waals surface area contributed by atoms with Crippen molar-refractivity contribution in [1.82, 2.24) is 10.6 Å². The molecule has 2 N–H and O–H groups in total. The Morgan fingerprint density at radius 1 is 0.634 bits per heavy atom. The molecule has 41 heavy (non-hydrogen) atoms. The molecule has 0 aliphatic carbocycles. The van der Waals surface area contributed by atoms with E-state index in [2.05, 4.69) is 24.5 Å². The van der Waals surface area contributed by atoms with Crippen LogP contribution in [0.25, 0.3) is 0 Å². The fraction of sp³-hybridized carbons (Fsp3) is 0.778. The first-order valence-corrected chi connectivity index (χ1v) is 17.4. The van der Waals surface area contributed by atoms with Crippen LogP contribution in [0.15, 0.2) is 30.3 Å². The molecule has 5 heteroatoms. The zero-order valence-electron chi connectivity index (χ0n) is 26.9. The van der Waals surface area contributed by atoms with E-state index >= 15 is 0 Å². The summed E-state index contributed by atoms with van der Waals surface area (Å²) in [6, 6.07) is 9.28. The van der Waals surface area contributed by atoms with Crippen molar-refractivity contribution in [2.75, 3.05) is 13.2 Å². The standard InChI is InChI=1S/C36H64N2O3/c1-3-5-7-9-11-12-13-14-15-16-17-18-19-20-25-29-35(39)38-34(32-41-31-33-27-23-22-24-28-33)36(40)37-30-26-21-10-8-6-4-2/h22-24,27-28,34H,3-21,25-26,29-32H2,1-2H3,(H,37,40)(H,38,39)/t34-/m0/s1. The Balaban J connectivity index is 2.18. The largest absolute Gasteiger partial charge is 0.374 e. The average Bonchev–Trinajstić information content (AvgIpc) is 2.98. The summed E-state index contributed by atoms with van der Waals surface area (Å²) < 4.78 is 5.83. The van der Waals surface area contributed by atoms with Gasteiger partial charge in [0.1, 0.15) is 6.04 Å². The molecule has 0 aliphatic heterocycles. The van der Waals surface area contributed by atoms with Gasteiger partial charge < -0.3 is 15.4 Å². The van der Waals surface area contributed by atoms with E-state index in [1.807, 2.05) is 30.3 Å². The average molecular weight is 573 g/mol. The number of hydrogen-bond donors (Lipinski definition) is 2. The normalized spacial score (nSPS) is 11.9. The summed E-state index contributed by atoms with van der Waals surface area (Å²) in [6.07, 6.45) is 27.1. The number of benzene rings is 1. The Kier molecular flexibility index (Phi) is 25.6. The minimum Gasteiger partial charge on any atom is -0.374 e. The van der Waals surface area contributed by atoms with Crippen LogP contribution in [-0.2, 0) is 20.9 Å². The summed E-state index contributed by atoms with van der Waals surface area (Å²) in [6.45, 7) is 5.75. The summed E-state index contributed by atoms with van der Waals surface area (Å²) >= 11 is 0. The van der Waals surface area contributed by atoms with Crippen molar-refractivity contribution in [3.63, 3.8) is 0 Å². The fourth-order valence-corrected chi connectivity index (χ4v) is 5.22. The van der Waals surface area contributed by atoms with E-state index in [9.17, 15) is 9.59 Å². The minimum atomic E-state index is -0.650. The molecule has 0 unspecified atom stereocenters. The molecule has 0 heterocycles. The Labute approximate surface area is 253 Å².